The maximum atomic E-state index is 12.4. The second kappa shape index (κ2) is 5.49. The van der Waals surface area contributed by atoms with Crippen LogP contribution in [0.3, 0.4) is 0 Å². The van der Waals surface area contributed by atoms with Gasteiger partial charge in [0.05, 0.1) is 5.56 Å². The molecule has 1 unspecified atom stereocenters. The molecule has 2 rings (SSSR count). The number of halogens is 4. The van der Waals surface area contributed by atoms with Gasteiger partial charge in [-0.15, -0.1) is 0 Å². The maximum Gasteiger partial charge on any atom is 0.416 e. The lowest BCUT2D eigenvalue weighted by Crippen LogP contribution is -2.26. The Morgan fingerprint density at radius 2 is 1.81 bits per heavy atom. The van der Waals surface area contributed by atoms with Crippen molar-refractivity contribution >= 4 is 25.6 Å². The molecule has 0 radical (unpaired) electrons. The molecular formula is C12H11ClF3NO3S. The average Bonchev–Trinajstić information content (AvgIpc) is 2.70. The molecule has 1 aromatic carbocycles. The summed E-state index contributed by atoms with van der Waals surface area (Å²) < 4.78 is 59.7. The van der Waals surface area contributed by atoms with Gasteiger partial charge in [0.2, 0.25) is 15.0 Å². The highest BCUT2D eigenvalue weighted by Crippen LogP contribution is 2.29. The van der Waals surface area contributed by atoms with E-state index in [0.29, 0.717) is 5.56 Å². The third-order valence-corrected chi connectivity index (χ3v) is 5.10. The number of hydrogen-bond acceptors (Lipinski definition) is 3. The molecular weight excluding hydrogens is 331 g/mol. The Hall–Kier alpha value is -1.28. The van der Waals surface area contributed by atoms with Gasteiger partial charge >= 0.3 is 6.18 Å². The van der Waals surface area contributed by atoms with Gasteiger partial charge in [-0.1, -0.05) is 12.1 Å². The number of nitrogens with zero attached hydrogens (tertiary/aromatic N) is 1. The first-order valence-corrected chi connectivity index (χ1v) is 8.32. The SMILES string of the molecule is O=C1CC(S(=O)(=O)Cl)CN1Cc1ccc(C(F)(F)F)cc1. The number of benzene rings is 1. The van der Waals surface area contributed by atoms with Crippen LogP contribution >= 0.6 is 10.7 Å². The quantitative estimate of drug-likeness (QED) is 0.793. The lowest BCUT2D eigenvalue weighted by molar-refractivity contribution is -0.137. The van der Waals surface area contributed by atoms with Gasteiger partial charge in [-0.3, -0.25) is 4.79 Å². The van der Waals surface area contributed by atoms with Crippen molar-refractivity contribution in [2.45, 2.75) is 24.4 Å². The number of likely N-dealkylation sites (tertiary alicyclic amines) is 1. The van der Waals surface area contributed by atoms with Crippen LogP contribution in [0.1, 0.15) is 17.5 Å². The standard InChI is InChI=1S/C12H11ClF3NO3S/c13-21(19,20)10-5-11(18)17(7-10)6-8-1-3-9(4-2-8)12(14,15)16/h1-4,10H,5-7H2. The molecule has 1 atom stereocenters. The van der Waals surface area contributed by atoms with Crippen LogP contribution < -0.4 is 0 Å². The zero-order valence-electron chi connectivity index (χ0n) is 10.6. The third kappa shape index (κ3) is 3.88. The molecule has 116 valence electrons. The lowest BCUT2D eigenvalue weighted by Gasteiger charge is -2.16. The molecule has 9 heteroatoms. The first-order valence-electron chi connectivity index (χ1n) is 5.95. The van der Waals surface area contributed by atoms with Crippen LogP contribution in [0.2, 0.25) is 0 Å². The summed E-state index contributed by atoms with van der Waals surface area (Å²) in [5, 5.41) is -0.971. The fourth-order valence-electron chi connectivity index (χ4n) is 2.10. The van der Waals surface area contributed by atoms with Crippen molar-refractivity contribution in [2.24, 2.45) is 0 Å². The highest BCUT2D eigenvalue weighted by molar-refractivity contribution is 8.14. The van der Waals surface area contributed by atoms with E-state index < -0.39 is 26.0 Å². The highest BCUT2D eigenvalue weighted by atomic mass is 35.7. The number of carbonyl (C=O) groups excluding carboxylic acids is 1. The number of carbonyl (C=O) groups is 1. The predicted molar refractivity (Wildman–Crippen MR) is 70.0 cm³/mol. The van der Waals surface area contributed by atoms with Crippen molar-refractivity contribution in [3.8, 4) is 0 Å². The zero-order valence-corrected chi connectivity index (χ0v) is 12.2. The molecule has 1 fully saturated rings. The minimum Gasteiger partial charge on any atom is -0.337 e. The van der Waals surface area contributed by atoms with Gasteiger partial charge in [-0.25, -0.2) is 8.42 Å². The van der Waals surface area contributed by atoms with E-state index in [1.807, 2.05) is 0 Å². The summed E-state index contributed by atoms with van der Waals surface area (Å²) in [6.45, 7) is 0.00552. The van der Waals surface area contributed by atoms with Crippen LogP contribution in [0, 0.1) is 0 Å². The molecule has 0 saturated carbocycles. The fraction of sp³-hybridized carbons (Fsp3) is 0.417. The molecule has 1 heterocycles. The third-order valence-electron chi connectivity index (χ3n) is 3.23. The monoisotopic (exact) mass is 341 g/mol. The highest BCUT2D eigenvalue weighted by Gasteiger charge is 2.37. The van der Waals surface area contributed by atoms with Crippen molar-refractivity contribution < 1.29 is 26.4 Å². The fourth-order valence-corrected chi connectivity index (χ4v) is 3.15. The van der Waals surface area contributed by atoms with Crippen LogP contribution in [-0.4, -0.2) is 31.0 Å². The Balaban J connectivity index is 2.07. The van der Waals surface area contributed by atoms with Crippen LogP contribution in [0.25, 0.3) is 0 Å². The van der Waals surface area contributed by atoms with Gasteiger partial charge in [-0.05, 0) is 17.7 Å². The van der Waals surface area contributed by atoms with Crippen LogP contribution in [0.15, 0.2) is 24.3 Å². The molecule has 1 aromatic rings. The minimum absolute atomic E-state index is 0.0499. The van der Waals surface area contributed by atoms with E-state index in [9.17, 15) is 26.4 Å². The molecule has 21 heavy (non-hydrogen) atoms. The first kappa shape index (κ1) is 16.1. The van der Waals surface area contributed by atoms with E-state index >= 15 is 0 Å². The summed E-state index contributed by atoms with van der Waals surface area (Å²) in [6, 6.07) is 4.37. The van der Waals surface area contributed by atoms with Crippen molar-refractivity contribution in [3.63, 3.8) is 0 Å². The van der Waals surface area contributed by atoms with Gasteiger partial charge < -0.3 is 4.90 Å². The Labute approximate surface area is 123 Å². The molecule has 0 bridgehead atoms. The largest absolute Gasteiger partial charge is 0.416 e. The Bertz CT molecular complexity index is 643. The van der Waals surface area contributed by atoms with Crippen molar-refractivity contribution in [3.05, 3.63) is 35.4 Å². The molecule has 1 aliphatic heterocycles. The predicted octanol–water partition coefficient (Wildman–Crippen LogP) is 2.37. The van der Waals surface area contributed by atoms with Gasteiger partial charge in [0, 0.05) is 30.2 Å². The van der Waals surface area contributed by atoms with Gasteiger partial charge in [0.15, 0.2) is 0 Å². The van der Waals surface area contributed by atoms with E-state index in [4.69, 9.17) is 10.7 Å². The van der Waals surface area contributed by atoms with Gasteiger partial charge in [-0.2, -0.15) is 13.2 Å². The van der Waals surface area contributed by atoms with Crippen LogP contribution in [-0.2, 0) is 26.6 Å². The van der Waals surface area contributed by atoms with Crippen molar-refractivity contribution in [1.29, 1.82) is 0 Å². The second-order valence-corrected chi connectivity index (χ2v) is 7.68. The number of alkyl halides is 3. The Morgan fingerprint density at radius 3 is 2.24 bits per heavy atom. The van der Waals surface area contributed by atoms with Crippen molar-refractivity contribution in [1.82, 2.24) is 4.90 Å². The number of rotatable bonds is 3. The molecule has 0 aliphatic carbocycles. The summed E-state index contributed by atoms with van der Waals surface area (Å²) in [5.41, 5.74) is -0.288. The van der Waals surface area contributed by atoms with Crippen LogP contribution in [0.5, 0.6) is 0 Å². The van der Waals surface area contributed by atoms with E-state index in [2.05, 4.69) is 0 Å². The topological polar surface area (TPSA) is 54.5 Å². The van der Waals surface area contributed by atoms with E-state index in [-0.39, 0.29) is 25.4 Å². The lowest BCUT2D eigenvalue weighted by atomic mass is 10.1. The van der Waals surface area contributed by atoms with E-state index in [1.165, 1.54) is 17.0 Å². The Kier molecular flexibility index (Phi) is 4.21. The number of hydrogen-bond donors (Lipinski definition) is 0. The Morgan fingerprint density at radius 1 is 1.24 bits per heavy atom. The summed E-state index contributed by atoms with van der Waals surface area (Å²) in [6.07, 6.45) is -4.62. The average molecular weight is 342 g/mol. The minimum atomic E-state index is -4.42. The molecule has 1 aliphatic rings. The zero-order chi connectivity index (χ0) is 15.8. The van der Waals surface area contributed by atoms with Crippen LogP contribution in [0.4, 0.5) is 13.2 Å². The molecule has 0 N–H and O–H groups in total. The molecule has 0 spiro atoms. The van der Waals surface area contributed by atoms with E-state index in [0.717, 1.165) is 12.1 Å². The normalized spacial score (nSPS) is 20.1. The van der Waals surface area contributed by atoms with Gasteiger partial charge in [0.1, 0.15) is 5.25 Å². The molecule has 1 amide bonds. The summed E-state index contributed by atoms with van der Waals surface area (Å²) in [7, 11) is 1.39. The molecule has 1 saturated heterocycles. The summed E-state index contributed by atoms with van der Waals surface area (Å²) in [5.74, 6) is -0.385. The smallest absolute Gasteiger partial charge is 0.337 e. The summed E-state index contributed by atoms with van der Waals surface area (Å²) >= 11 is 0. The number of amides is 1. The molecule has 4 nitrogen and oxygen atoms in total. The maximum absolute atomic E-state index is 12.4. The summed E-state index contributed by atoms with van der Waals surface area (Å²) in [4.78, 5) is 13.0. The van der Waals surface area contributed by atoms with Gasteiger partial charge in [0.25, 0.3) is 0 Å². The molecule has 0 aromatic heterocycles. The first-order chi connectivity index (χ1) is 9.57. The van der Waals surface area contributed by atoms with E-state index in [1.54, 1.807) is 0 Å². The van der Waals surface area contributed by atoms with Crippen molar-refractivity contribution in [2.75, 3.05) is 6.54 Å². The second-order valence-electron chi connectivity index (χ2n) is 4.77.